The van der Waals surface area contributed by atoms with E-state index in [0.717, 1.165) is 0 Å². The van der Waals surface area contributed by atoms with Crippen LogP contribution >= 0.6 is 0 Å². The summed E-state index contributed by atoms with van der Waals surface area (Å²) in [7, 11) is 6.21. The highest BCUT2D eigenvalue weighted by Gasteiger charge is 2.57. The van der Waals surface area contributed by atoms with Crippen molar-refractivity contribution in [2.75, 3.05) is 26.0 Å². The molecule has 2 rings (SSSR count). The van der Waals surface area contributed by atoms with Gasteiger partial charge in [0.05, 0.1) is 0 Å². The zero-order chi connectivity index (χ0) is 12.8. The predicted molar refractivity (Wildman–Crippen MR) is 71.3 cm³/mol. The Morgan fingerprint density at radius 3 is 2.06 bits per heavy atom. The lowest BCUT2D eigenvalue weighted by Gasteiger charge is -2.25. The number of anilines is 1. The normalized spacial score (nSPS) is 27.4. The Balaban J connectivity index is 2.26. The van der Waals surface area contributed by atoms with E-state index in [2.05, 4.69) is 69.9 Å². The van der Waals surface area contributed by atoms with Gasteiger partial charge in [-0.25, -0.2) is 0 Å². The van der Waals surface area contributed by atoms with Crippen LogP contribution in [-0.2, 0) is 4.74 Å². The van der Waals surface area contributed by atoms with Crippen LogP contribution in [0, 0.1) is 13.8 Å². The maximum atomic E-state index is 5.84. The van der Waals surface area contributed by atoms with E-state index in [0.29, 0.717) is 0 Å². The van der Waals surface area contributed by atoms with Crippen molar-refractivity contribution >= 4 is 5.69 Å². The first-order valence-electron chi connectivity index (χ1n) is 6.02. The lowest BCUT2D eigenvalue weighted by atomic mass is 10.1. The topological polar surface area (TPSA) is 19.0 Å². The summed E-state index contributed by atoms with van der Waals surface area (Å²) in [5, 5.41) is 0. The second-order valence-corrected chi connectivity index (χ2v) is 5.27. The van der Waals surface area contributed by atoms with E-state index in [1.54, 1.807) is 0 Å². The molecule has 0 N–H and O–H groups in total. The minimum absolute atomic E-state index is 0.136. The average molecular weight is 234 g/mol. The predicted octanol–water partition coefficient (Wildman–Crippen LogP) is 2.37. The van der Waals surface area contributed by atoms with E-state index in [-0.39, 0.29) is 12.0 Å². The largest absolute Gasteiger partial charge is 0.345 e. The minimum Gasteiger partial charge on any atom is -0.345 e. The summed E-state index contributed by atoms with van der Waals surface area (Å²) in [5.41, 5.74) is 3.71. The second-order valence-electron chi connectivity index (χ2n) is 5.27. The molecular formula is C14H22N2O. The molecule has 3 nitrogen and oxygen atoms in total. The molecule has 0 amide bonds. The van der Waals surface area contributed by atoms with Gasteiger partial charge in [0.1, 0.15) is 0 Å². The molecule has 94 valence electrons. The van der Waals surface area contributed by atoms with Crippen LogP contribution in [0.1, 0.15) is 18.1 Å². The van der Waals surface area contributed by atoms with Crippen molar-refractivity contribution in [2.24, 2.45) is 0 Å². The molecule has 0 radical (unpaired) electrons. The number of hydrogen-bond acceptors (Lipinski definition) is 3. The fourth-order valence-corrected chi connectivity index (χ4v) is 2.44. The van der Waals surface area contributed by atoms with E-state index in [9.17, 15) is 0 Å². The van der Waals surface area contributed by atoms with Crippen LogP contribution in [0.5, 0.6) is 0 Å². The SMILES string of the molecule is Cc1cccc(C)c1N(C)C1OC1(C)N(C)C. The van der Waals surface area contributed by atoms with Gasteiger partial charge in [-0.1, -0.05) is 18.2 Å². The van der Waals surface area contributed by atoms with Crippen molar-refractivity contribution in [3.8, 4) is 0 Å². The van der Waals surface area contributed by atoms with Gasteiger partial charge in [0.15, 0.2) is 12.0 Å². The van der Waals surface area contributed by atoms with Gasteiger partial charge in [-0.05, 0) is 46.0 Å². The number of epoxide rings is 1. The van der Waals surface area contributed by atoms with Crippen molar-refractivity contribution in [2.45, 2.75) is 32.7 Å². The quantitative estimate of drug-likeness (QED) is 0.748. The molecule has 0 saturated carbocycles. The maximum Gasteiger partial charge on any atom is 0.175 e. The second kappa shape index (κ2) is 4.00. The molecule has 1 aliphatic heterocycles. The first kappa shape index (κ1) is 12.4. The van der Waals surface area contributed by atoms with Gasteiger partial charge in [-0.2, -0.15) is 0 Å². The molecule has 0 aliphatic carbocycles. The fraction of sp³-hybridized carbons (Fsp3) is 0.571. The van der Waals surface area contributed by atoms with E-state index >= 15 is 0 Å². The summed E-state index contributed by atoms with van der Waals surface area (Å²) in [5.74, 6) is 0. The first-order valence-corrected chi connectivity index (χ1v) is 6.02. The van der Waals surface area contributed by atoms with E-state index < -0.39 is 0 Å². The Hall–Kier alpha value is -1.06. The molecule has 17 heavy (non-hydrogen) atoms. The molecule has 1 heterocycles. The molecule has 2 unspecified atom stereocenters. The van der Waals surface area contributed by atoms with Crippen LogP contribution in [-0.4, -0.2) is 38.0 Å². The van der Waals surface area contributed by atoms with Crippen LogP contribution in [0.4, 0.5) is 5.69 Å². The van der Waals surface area contributed by atoms with E-state index in [1.165, 1.54) is 16.8 Å². The molecule has 3 heteroatoms. The Labute approximate surface area is 104 Å². The number of benzene rings is 1. The molecule has 2 atom stereocenters. The van der Waals surface area contributed by atoms with Gasteiger partial charge in [-0.3, -0.25) is 4.90 Å². The zero-order valence-electron chi connectivity index (χ0n) is 11.6. The molecule has 1 aromatic carbocycles. The Morgan fingerprint density at radius 1 is 1.12 bits per heavy atom. The van der Waals surface area contributed by atoms with Crippen LogP contribution in [0.3, 0.4) is 0 Å². The van der Waals surface area contributed by atoms with E-state index in [1.807, 2.05) is 0 Å². The third-order valence-electron chi connectivity index (χ3n) is 3.78. The summed E-state index contributed by atoms with van der Waals surface area (Å²) in [4.78, 5) is 4.37. The van der Waals surface area contributed by atoms with Gasteiger partial charge >= 0.3 is 0 Å². The molecule has 1 aromatic rings. The average Bonchev–Trinajstić information content (AvgIpc) is 2.92. The summed E-state index contributed by atoms with van der Waals surface area (Å²) < 4.78 is 5.84. The summed E-state index contributed by atoms with van der Waals surface area (Å²) in [6, 6.07) is 6.39. The van der Waals surface area contributed by atoms with Crippen molar-refractivity contribution in [3.05, 3.63) is 29.3 Å². The molecular weight excluding hydrogens is 212 g/mol. The monoisotopic (exact) mass is 234 g/mol. The lowest BCUT2D eigenvalue weighted by molar-refractivity contribution is 0.150. The van der Waals surface area contributed by atoms with E-state index in [4.69, 9.17) is 4.74 Å². The van der Waals surface area contributed by atoms with Crippen molar-refractivity contribution in [1.29, 1.82) is 0 Å². The number of ether oxygens (including phenoxy) is 1. The van der Waals surface area contributed by atoms with Crippen LogP contribution in [0.15, 0.2) is 18.2 Å². The van der Waals surface area contributed by atoms with Crippen LogP contribution in [0.25, 0.3) is 0 Å². The Kier molecular flexibility index (Phi) is 2.92. The van der Waals surface area contributed by atoms with Gasteiger partial charge in [-0.15, -0.1) is 0 Å². The number of rotatable bonds is 3. The smallest absolute Gasteiger partial charge is 0.175 e. The number of aryl methyl sites for hydroxylation is 2. The minimum atomic E-state index is -0.163. The van der Waals surface area contributed by atoms with Crippen molar-refractivity contribution < 1.29 is 4.74 Å². The number of para-hydroxylation sites is 1. The molecule has 0 aromatic heterocycles. The van der Waals surface area contributed by atoms with Crippen LogP contribution < -0.4 is 4.90 Å². The molecule has 1 aliphatic rings. The Bertz CT molecular complexity index is 410. The molecule has 0 spiro atoms. The number of nitrogens with zero attached hydrogens (tertiary/aromatic N) is 2. The van der Waals surface area contributed by atoms with Gasteiger partial charge in [0, 0.05) is 12.7 Å². The van der Waals surface area contributed by atoms with Gasteiger partial charge in [0.2, 0.25) is 0 Å². The lowest BCUT2D eigenvalue weighted by Crippen LogP contribution is -2.37. The van der Waals surface area contributed by atoms with Gasteiger partial charge in [0.25, 0.3) is 0 Å². The fourth-order valence-electron chi connectivity index (χ4n) is 2.44. The summed E-state index contributed by atoms with van der Waals surface area (Å²) in [6.45, 7) is 6.42. The van der Waals surface area contributed by atoms with Gasteiger partial charge < -0.3 is 9.64 Å². The highest BCUT2D eigenvalue weighted by Crippen LogP contribution is 2.42. The van der Waals surface area contributed by atoms with Crippen molar-refractivity contribution in [1.82, 2.24) is 4.90 Å². The summed E-state index contributed by atoms with van der Waals surface area (Å²) >= 11 is 0. The molecule has 1 fully saturated rings. The highest BCUT2D eigenvalue weighted by molar-refractivity contribution is 5.59. The van der Waals surface area contributed by atoms with Crippen LogP contribution in [0.2, 0.25) is 0 Å². The first-order chi connectivity index (χ1) is 7.88. The third kappa shape index (κ3) is 1.94. The third-order valence-corrected chi connectivity index (χ3v) is 3.78. The standard InChI is InChI=1S/C14H22N2O/c1-10-8-7-9-11(2)12(10)16(6)13-14(3,17-13)15(4)5/h7-9,13H,1-6H3. The maximum absolute atomic E-state index is 5.84. The highest BCUT2D eigenvalue weighted by atomic mass is 16.7. The zero-order valence-corrected chi connectivity index (χ0v) is 11.6. The Morgan fingerprint density at radius 2 is 1.65 bits per heavy atom. The number of likely N-dealkylation sites (N-methyl/N-ethyl adjacent to an activating group) is 2. The van der Waals surface area contributed by atoms with Crippen molar-refractivity contribution in [3.63, 3.8) is 0 Å². The molecule has 0 bridgehead atoms. The summed E-state index contributed by atoms with van der Waals surface area (Å²) in [6.07, 6.45) is 0.136. The molecule has 1 saturated heterocycles. The number of hydrogen-bond donors (Lipinski definition) is 0.